The molecular weight excluding hydrogens is 232 g/mol. The average molecular weight is 248 g/mol. The van der Waals surface area contributed by atoms with Crippen LogP contribution in [0, 0.1) is 5.41 Å². The molecule has 18 heavy (non-hydrogen) atoms. The summed E-state index contributed by atoms with van der Waals surface area (Å²) in [6.07, 6.45) is 0.365. The Bertz CT molecular complexity index is 637. The van der Waals surface area contributed by atoms with Gasteiger partial charge >= 0.3 is 5.76 Å². The van der Waals surface area contributed by atoms with Gasteiger partial charge in [0.05, 0.1) is 5.52 Å². The molecule has 5 nitrogen and oxygen atoms in total. The van der Waals surface area contributed by atoms with Gasteiger partial charge < -0.3 is 10.2 Å². The predicted molar refractivity (Wildman–Crippen MR) is 68.6 cm³/mol. The highest BCUT2D eigenvalue weighted by molar-refractivity contribution is 5.98. The van der Waals surface area contributed by atoms with Gasteiger partial charge in [0, 0.05) is 12.0 Å². The van der Waals surface area contributed by atoms with Gasteiger partial charge in [-0.1, -0.05) is 13.8 Å². The van der Waals surface area contributed by atoms with Gasteiger partial charge in [-0.3, -0.25) is 9.78 Å². The molecule has 0 bridgehead atoms. The van der Waals surface area contributed by atoms with Gasteiger partial charge in [0.25, 0.3) is 0 Å². The molecule has 0 aliphatic rings. The second-order valence-electron chi connectivity index (χ2n) is 5.19. The summed E-state index contributed by atoms with van der Waals surface area (Å²) >= 11 is 0. The van der Waals surface area contributed by atoms with Crippen LogP contribution < -0.4 is 11.5 Å². The molecule has 1 aromatic carbocycles. The second-order valence-corrected chi connectivity index (χ2v) is 5.19. The van der Waals surface area contributed by atoms with E-state index in [4.69, 9.17) is 10.2 Å². The monoisotopic (exact) mass is 248 g/mol. The van der Waals surface area contributed by atoms with E-state index in [-0.39, 0.29) is 11.2 Å². The zero-order valence-electron chi connectivity index (χ0n) is 10.4. The number of fused-ring (bicyclic) bond motifs is 1. The quantitative estimate of drug-likeness (QED) is 0.805. The smallest absolute Gasteiger partial charge is 0.408 e. The first-order chi connectivity index (χ1) is 8.41. The number of oxazole rings is 1. The number of benzene rings is 1. The zero-order chi connectivity index (χ0) is 13.3. The van der Waals surface area contributed by atoms with Gasteiger partial charge in [0.15, 0.2) is 11.4 Å². The normalized spacial score (nSPS) is 11.9. The molecule has 0 saturated heterocycles. The Balaban J connectivity index is 2.30. The van der Waals surface area contributed by atoms with Crippen LogP contribution in [0.5, 0.6) is 0 Å². The van der Waals surface area contributed by atoms with Gasteiger partial charge in [-0.15, -0.1) is 0 Å². The summed E-state index contributed by atoms with van der Waals surface area (Å²) in [5, 5.41) is 0. The number of hydrogen-bond donors (Lipinski definition) is 2. The maximum atomic E-state index is 12.1. The number of carbonyl (C=O) groups excluding carboxylic acids is 1. The van der Waals surface area contributed by atoms with Crippen molar-refractivity contribution in [3.8, 4) is 0 Å². The van der Waals surface area contributed by atoms with E-state index in [1.165, 1.54) is 0 Å². The van der Waals surface area contributed by atoms with Crippen molar-refractivity contribution in [2.24, 2.45) is 11.1 Å². The fourth-order valence-corrected chi connectivity index (χ4v) is 1.73. The summed E-state index contributed by atoms with van der Waals surface area (Å²) < 4.78 is 4.93. The Hall–Kier alpha value is -1.88. The van der Waals surface area contributed by atoms with E-state index in [1.54, 1.807) is 18.2 Å². The fraction of sp³-hybridized carbons (Fsp3) is 0.385. The van der Waals surface area contributed by atoms with Crippen LogP contribution in [-0.4, -0.2) is 17.3 Å². The Labute approximate surface area is 104 Å². The molecular formula is C13H16N2O3. The molecule has 2 rings (SSSR count). The van der Waals surface area contributed by atoms with Crippen LogP contribution in [0.3, 0.4) is 0 Å². The fourth-order valence-electron chi connectivity index (χ4n) is 1.73. The largest absolute Gasteiger partial charge is 0.417 e. The van der Waals surface area contributed by atoms with Gasteiger partial charge in [0.1, 0.15) is 0 Å². The molecule has 1 aromatic heterocycles. The van der Waals surface area contributed by atoms with Crippen LogP contribution in [0.15, 0.2) is 27.4 Å². The van der Waals surface area contributed by atoms with E-state index in [9.17, 15) is 9.59 Å². The van der Waals surface area contributed by atoms with Crippen LogP contribution in [0.25, 0.3) is 11.1 Å². The molecule has 0 amide bonds. The van der Waals surface area contributed by atoms with Crippen molar-refractivity contribution in [2.75, 3.05) is 6.54 Å². The number of rotatable bonds is 4. The van der Waals surface area contributed by atoms with E-state index < -0.39 is 5.76 Å². The summed E-state index contributed by atoms with van der Waals surface area (Å²) in [6, 6.07) is 4.94. The zero-order valence-corrected chi connectivity index (χ0v) is 10.4. The highest BCUT2D eigenvalue weighted by atomic mass is 16.4. The number of aromatic nitrogens is 1. The van der Waals surface area contributed by atoms with Crippen LogP contribution >= 0.6 is 0 Å². The van der Waals surface area contributed by atoms with E-state index in [1.807, 2.05) is 13.8 Å². The molecule has 3 N–H and O–H groups in total. The second kappa shape index (κ2) is 4.42. The van der Waals surface area contributed by atoms with Crippen LogP contribution in [-0.2, 0) is 0 Å². The lowest BCUT2D eigenvalue weighted by Gasteiger charge is -2.20. The molecule has 0 saturated carbocycles. The Morgan fingerprint density at radius 3 is 2.83 bits per heavy atom. The van der Waals surface area contributed by atoms with E-state index in [0.29, 0.717) is 29.6 Å². The highest BCUT2D eigenvalue weighted by Gasteiger charge is 2.21. The summed E-state index contributed by atoms with van der Waals surface area (Å²) in [5.41, 5.74) is 6.90. The topological polar surface area (TPSA) is 89.1 Å². The molecule has 0 aliphatic carbocycles. The Kier molecular flexibility index (Phi) is 3.09. The standard InChI is InChI=1S/C13H16N2O3/c1-13(2,7-14)6-10(16)8-3-4-9-11(5-8)18-12(17)15-9/h3-5H,6-7,14H2,1-2H3,(H,15,17). The number of nitrogens with one attached hydrogen (secondary N) is 1. The number of ketones is 1. The molecule has 0 atom stereocenters. The number of carbonyl (C=O) groups is 1. The molecule has 96 valence electrons. The van der Waals surface area contributed by atoms with Crippen molar-refractivity contribution in [3.63, 3.8) is 0 Å². The minimum atomic E-state index is -0.517. The summed E-state index contributed by atoms with van der Waals surface area (Å²) in [5.74, 6) is -0.520. The third kappa shape index (κ3) is 2.51. The molecule has 0 fully saturated rings. The van der Waals surface area contributed by atoms with E-state index in [2.05, 4.69) is 4.98 Å². The number of hydrogen-bond acceptors (Lipinski definition) is 4. The molecule has 1 heterocycles. The molecule has 0 unspecified atom stereocenters. The summed E-state index contributed by atoms with van der Waals surface area (Å²) in [7, 11) is 0. The lowest BCUT2D eigenvalue weighted by Crippen LogP contribution is -2.26. The first kappa shape index (κ1) is 12.6. The number of H-pyrrole nitrogens is 1. The van der Waals surface area contributed by atoms with E-state index in [0.717, 1.165) is 0 Å². The molecule has 2 aromatic rings. The molecule has 5 heteroatoms. The maximum Gasteiger partial charge on any atom is 0.417 e. The van der Waals surface area contributed by atoms with Crippen molar-refractivity contribution < 1.29 is 9.21 Å². The van der Waals surface area contributed by atoms with Gasteiger partial charge in [-0.05, 0) is 30.2 Å². The Morgan fingerprint density at radius 2 is 2.17 bits per heavy atom. The van der Waals surface area contributed by atoms with Crippen molar-refractivity contribution in [1.82, 2.24) is 4.98 Å². The maximum absolute atomic E-state index is 12.1. The van der Waals surface area contributed by atoms with Crippen LogP contribution in [0.2, 0.25) is 0 Å². The van der Waals surface area contributed by atoms with Crippen LogP contribution in [0.4, 0.5) is 0 Å². The third-order valence-corrected chi connectivity index (χ3v) is 2.93. The SMILES string of the molecule is CC(C)(CN)CC(=O)c1ccc2[nH]c(=O)oc2c1. The summed E-state index contributed by atoms with van der Waals surface area (Å²) in [6.45, 7) is 4.33. The number of Topliss-reactive ketones (excluding diaryl/α,β-unsaturated/α-hetero) is 1. The lowest BCUT2D eigenvalue weighted by molar-refractivity contribution is 0.0935. The lowest BCUT2D eigenvalue weighted by atomic mass is 9.86. The highest BCUT2D eigenvalue weighted by Crippen LogP contribution is 2.22. The van der Waals surface area contributed by atoms with E-state index >= 15 is 0 Å². The molecule has 0 aliphatic heterocycles. The predicted octanol–water partition coefficient (Wildman–Crippen LogP) is 1.68. The minimum Gasteiger partial charge on any atom is -0.408 e. The molecule has 0 radical (unpaired) electrons. The average Bonchev–Trinajstić information content (AvgIpc) is 2.67. The van der Waals surface area contributed by atoms with Crippen molar-refractivity contribution in [2.45, 2.75) is 20.3 Å². The molecule has 0 spiro atoms. The first-order valence-corrected chi connectivity index (χ1v) is 5.77. The van der Waals surface area contributed by atoms with Gasteiger partial charge in [-0.2, -0.15) is 0 Å². The first-order valence-electron chi connectivity index (χ1n) is 5.77. The summed E-state index contributed by atoms with van der Waals surface area (Å²) in [4.78, 5) is 25.6. The Morgan fingerprint density at radius 1 is 1.44 bits per heavy atom. The minimum absolute atomic E-state index is 0.00352. The number of aromatic amines is 1. The van der Waals surface area contributed by atoms with Gasteiger partial charge in [0.2, 0.25) is 0 Å². The van der Waals surface area contributed by atoms with Crippen molar-refractivity contribution in [3.05, 3.63) is 34.3 Å². The number of nitrogens with two attached hydrogens (primary N) is 1. The van der Waals surface area contributed by atoms with Crippen molar-refractivity contribution in [1.29, 1.82) is 0 Å². The third-order valence-electron chi connectivity index (χ3n) is 2.93. The van der Waals surface area contributed by atoms with Gasteiger partial charge in [-0.25, -0.2) is 4.79 Å². The van der Waals surface area contributed by atoms with Crippen molar-refractivity contribution >= 4 is 16.9 Å². The van der Waals surface area contributed by atoms with Crippen LogP contribution in [0.1, 0.15) is 30.6 Å².